The molecular formula is C31H28ClF2N5O3. The quantitative estimate of drug-likeness (QED) is 0.287. The predicted molar refractivity (Wildman–Crippen MR) is 158 cm³/mol. The van der Waals surface area contributed by atoms with Crippen LogP contribution < -0.4 is 15.3 Å². The molecule has 2 aromatic carbocycles. The van der Waals surface area contributed by atoms with E-state index in [2.05, 4.69) is 16.5 Å². The van der Waals surface area contributed by atoms with Crippen molar-refractivity contribution in [3.05, 3.63) is 87.5 Å². The number of hydrogen-bond acceptors (Lipinski definition) is 6. The molecule has 0 aliphatic carbocycles. The zero-order valence-electron chi connectivity index (χ0n) is 23.3. The summed E-state index contributed by atoms with van der Waals surface area (Å²) in [5.74, 6) is -1.38. The lowest BCUT2D eigenvalue weighted by molar-refractivity contribution is -0.126. The number of halogens is 3. The van der Waals surface area contributed by atoms with E-state index >= 15 is 4.39 Å². The first kappa shape index (κ1) is 27.8. The molecule has 1 fully saturated rings. The largest absolute Gasteiger partial charge is 0.486 e. The van der Waals surface area contributed by atoms with Gasteiger partial charge in [-0.2, -0.15) is 4.98 Å². The number of piperazine rings is 1. The Morgan fingerprint density at radius 2 is 1.98 bits per heavy atom. The maximum atomic E-state index is 15.3. The van der Waals surface area contributed by atoms with Gasteiger partial charge in [0.1, 0.15) is 23.8 Å². The van der Waals surface area contributed by atoms with Gasteiger partial charge in [-0.3, -0.25) is 4.79 Å². The highest BCUT2D eigenvalue weighted by molar-refractivity contribution is 6.35. The molecule has 0 radical (unpaired) electrons. The molecule has 2 aliphatic rings. The van der Waals surface area contributed by atoms with Crippen molar-refractivity contribution in [3.8, 4) is 22.7 Å². The molecule has 2 aliphatic heterocycles. The minimum Gasteiger partial charge on any atom is -0.486 e. The monoisotopic (exact) mass is 591 g/mol. The number of nitrogens with zero attached hydrogens (tertiary/aromatic N) is 5. The van der Waals surface area contributed by atoms with E-state index in [1.807, 2.05) is 31.7 Å². The van der Waals surface area contributed by atoms with Gasteiger partial charge in [0.25, 0.3) is 0 Å². The molecule has 42 heavy (non-hydrogen) atoms. The van der Waals surface area contributed by atoms with Crippen LogP contribution in [0, 0.1) is 11.6 Å². The molecule has 6 rings (SSSR count). The summed E-state index contributed by atoms with van der Waals surface area (Å²) in [4.78, 5) is 39.0. The zero-order chi connectivity index (χ0) is 29.9. The number of benzene rings is 2. The van der Waals surface area contributed by atoms with E-state index in [0.717, 1.165) is 11.6 Å². The summed E-state index contributed by atoms with van der Waals surface area (Å²) in [6.45, 7) is 10.6. The van der Waals surface area contributed by atoms with Crippen LogP contribution in [0.5, 0.6) is 5.75 Å². The second-order valence-electron chi connectivity index (χ2n) is 10.8. The SMILES string of the molecule is C=CC(=O)N1CCN(c2nc(=O)n(-c3ncccc3C(C)C)c3c4c(c(Cl)cc23)-c2c(ccc(F)c2F)CO4)[C@@H](C)C1. The molecular weight excluding hydrogens is 564 g/mol. The molecule has 2 aromatic heterocycles. The van der Waals surface area contributed by atoms with Gasteiger partial charge >= 0.3 is 5.69 Å². The van der Waals surface area contributed by atoms with E-state index in [-0.39, 0.29) is 46.4 Å². The van der Waals surface area contributed by atoms with Crippen LogP contribution in [0.3, 0.4) is 0 Å². The average molecular weight is 592 g/mol. The van der Waals surface area contributed by atoms with Crippen LogP contribution in [-0.4, -0.2) is 51.0 Å². The topological polar surface area (TPSA) is 80.6 Å². The number of amides is 1. The first-order valence-electron chi connectivity index (χ1n) is 13.6. The first-order chi connectivity index (χ1) is 20.1. The highest BCUT2D eigenvalue weighted by Gasteiger charge is 2.34. The van der Waals surface area contributed by atoms with Crippen LogP contribution >= 0.6 is 11.6 Å². The van der Waals surface area contributed by atoms with Gasteiger partial charge in [-0.25, -0.2) is 23.1 Å². The summed E-state index contributed by atoms with van der Waals surface area (Å²) in [6.07, 6.45) is 2.86. The molecule has 4 aromatic rings. The van der Waals surface area contributed by atoms with Crippen LogP contribution in [0.2, 0.25) is 5.02 Å². The fourth-order valence-corrected chi connectivity index (χ4v) is 6.16. The Hall–Kier alpha value is -4.31. The number of carbonyl (C=O) groups excluding carboxylic acids is 1. The van der Waals surface area contributed by atoms with Crippen LogP contribution in [0.4, 0.5) is 14.6 Å². The number of aromatic nitrogens is 3. The number of ether oxygens (including phenoxy) is 1. The van der Waals surface area contributed by atoms with Gasteiger partial charge in [-0.1, -0.05) is 44.2 Å². The zero-order valence-corrected chi connectivity index (χ0v) is 24.1. The third-order valence-corrected chi connectivity index (χ3v) is 8.20. The average Bonchev–Trinajstić information content (AvgIpc) is 2.98. The van der Waals surface area contributed by atoms with Gasteiger partial charge in [0.2, 0.25) is 5.91 Å². The van der Waals surface area contributed by atoms with E-state index in [1.54, 1.807) is 23.2 Å². The van der Waals surface area contributed by atoms with Crippen LogP contribution in [-0.2, 0) is 11.4 Å². The van der Waals surface area contributed by atoms with E-state index in [9.17, 15) is 14.0 Å². The van der Waals surface area contributed by atoms with Gasteiger partial charge < -0.3 is 14.5 Å². The minimum atomic E-state index is -1.04. The molecule has 8 nitrogen and oxygen atoms in total. The van der Waals surface area contributed by atoms with Crippen molar-refractivity contribution in [1.29, 1.82) is 0 Å². The van der Waals surface area contributed by atoms with Crippen LogP contribution in [0.15, 0.2) is 54.0 Å². The molecule has 0 spiro atoms. The van der Waals surface area contributed by atoms with Crippen molar-refractivity contribution in [2.75, 3.05) is 24.5 Å². The smallest absolute Gasteiger partial charge is 0.355 e. The molecule has 0 bridgehead atoms. The number of rotatable bonds is 4. The fourth-order valence-electron chi connectivity index (χ4n) is 5.87. The summed E-state index contributed by atoms with van der Waals surface area (Å²) in [7, 11) is 0. The second-order valence-corrected chi connectivity index (χ2v) is 11.2. The Bertz CT molecular complexity index is 1840. The van der Waals surface area contributed by atoms with Gasteiger partial charge in [0, 0.05) is 53.9 Å². The van der Waals surface area contributed by atoms with Gasteiger partial charge in [0.15, 0.2) is 17.4 Å². The van der Waals surface area contributed by atoms with Gasteiger partial charge in [-0.15, -0.1) is 0 Å². The molecule has 11 heteroatoms. The number of carbonyl (C=O) groups is 1. The number of fused-ring (bicyclic) bond motifs is 5. The standard InChI is InChI=1S/C31H28ClF2N5O3/c1-5-23(40)37-11-12-38(17(4)14-37)30-20-13-21(32)25-24-18(8-9-22(33)26(24)34)15-42-28(25)27(20)39(31(41)36-30)29-19(16(2)3)7-6-10-35-29/h5-10,13,16-17H,1,11-12,14-15H2,2-4H3/t17-/m0/s1. The summed E-state index contributed by atoms with van der Waals surface area (Å²) in [6, 6.07) is 7.59. The Labute approximate surface area is 245 Å². The van der Waals surface area contributed by atoms with Crippen LogP contribution in [0.25, 0.3) is 27.8 Å². The fraction of sp³-hybridized carbons (Fsp3) is 0.290. The Kier molecular flexibility index (Phi) is 6.97. The van der Waals surface area contributed by atoms with Crippen molar-refractivity contribution in [3.63, 3.8) is 0 Å². The maximum Gasteiger partial charge on any atom is 0.355 e. The molecule has 1 amide bonds. The summed E-state index contributed by atoms with van der Waals surface area (Å²) < 4.78 is 37.4. The van der Waals surface area contributed by atoms with Gasteiger partial charge in [-0.05, 0) is 42.7 Å². The lowest BCUT2D eigenvalue weighted by atomic mass is 9.94. The molecule has 0 unspecified atom stereocenters. The molecule has 216 valence electrons. The maximum absolute atomic E-state index is 15.3. The Morgan fingerprint density at radius 1 is 1.19 bits per heavy atom. The summed E-state index contributed by atoms with van der Waals surface area (Å²) >= 11 is 6.84. The second kappa shape index (κ2) is 10.5. The number of hydrogen-bond donors (Lipinski definition) is 0. The molecule has 4 heterocycles. The van der Waals surface area contributed by atoms with Crippen molar-refractivity contribution >= 4 is 34.2 Å². The van der Waals surface area contributed by atoms with E-state index in [1.165, 1.54) is 16.7 Å². The minimum absolute atomic E-state index is 0.00198. The van der Waals surface area contributed by atoms with Crippen molar-refractivity contribution in [2.45, 2.75) is 39.3 Å². The van der Waals surface area contributed by atoms with Crippen molar-refractivity contribution < 1.29 is 18.3 Å². The summed E-state index contributed by atoms with van der Waals surface area (Å²) in [5, 5.41) is 0.601. The highest BCUT2D eigenvalue weighted by Crippen LogP contribution is 2.49. The number of pyridine rings is 1. The number of anilines is 1. The first-order valence-corrected chi connectivity index (χ1v) is 14.0. The molecule has 1 saturated heterocycles. The van der Waals surface area contributed by atoms with E-state index in [4.69, 9.17) is 16.3 Å². The molecule has 1 atom stereocenters. The molecule has 0 N–H and O–H groups in total. The summed E-state index contributed by atoms with van der Waals surface area (Å²) in [5.41, 5.74) is 1.06. The van der Waals surface area contributed by atoms with E-state index < -0.39 is 17.3 Å². The third-order valence-electron chi connectivity index (χ3n) is 7.90. The van der Waals surface area contributed by atoms with Gasteiger partial charge in [0.05, 0.1) is 5.02 Å². The van der Waals surface area contributed by atoms with Crippen LogP contribution in [0.1, 0.15) is 37.8 Å². The van der Waals surface area contributed by atoms with Crippen molar-refractivity contribution in [1.82, 2.24) is 19.4 Å². The normalized spacial score (nSPS) is 16.3. The lowest BCUT2D eigenvalue weighted by Gasteiger charge is -2.40. The molecule has 0 saturated carbocycles. The Balaban J connectivity index is 1.69. The predicted octanol–water partition coefficient (Wildman–Crippen LogP) is 5.62. The van der Waals surface area contributed by atoms with Crippen molar-refractivity contribution in [2.24, 2.45) is 0 Å². The lowest BCUT2D eigenvalue weighted by Crippen LogP contribution is -2.54. The van der Waals surface area contributed by atoms with E-state index in [0.29, 0.717) is 47.7 Å². The highest BCUT2D eigenvalue weighted by atomic mass is 35.5. The third kappa shape index (κ3) is 4.32. The Morgan fingerprint density at radius 3 is 2.69 bits per heavy atom.